The summed E-state index contributed by atoms with van der Waals surface area (Å²) in [7, 11) is 1.99. The molecule has 0 saturated carbocycles. The van der Waals surface area contributed by atoms with E-state index in [1.807, 2.05) is 45.3 Å². The Labute approximate surface area is 146 Å². The molecule has 0 radical (unpaired) electrons. The van der Waals surface area contributed by atoms with E-state index < -0.39 is 0 Å². The summed E-state index contributed by atoms with van der Waals surface area (Å²) in [6.07, 6.45) is 0.421. The summed E-state index contributed by atoms with van der Waals surface area (Å²) in [4.78, 5) is 18.7. The van der Waals surface area contributed by atoms with Crippen LogP contribution in [0.3, 0.4) is 0 Å². The van der Waals surface area contributed by atoms with Gasteiger partial charge in [-0.25, -0.2) is 4.98 Å². The molecule has 1 N–H and O–H groups in total. The molecule has 0 aliphatic rings. The minimum Gasteiger partial charge on any atom is -0.325 e. The highest BCUT2D eigenvalue weighted by molar-refractivity contribution is 7.09. The Morgan fingerprint density at radius 1 is 1.35 bits per heavy atom. The number of nitrogens with one attached hydrogen (secondary N) is 1. The molecule has 0 bridgehead atoms. The summed E-state index contributed by atoms with van der Waals surface area (Å²) < 4.78 is 0. The Morgan fingerprint density at radius 2 is 2.09 bits per heavy atom. The van der Waals surface area contributed by atoms with Crippen LogP contribution in [0.2, 0.25) is 5.02 Å². The maximum atomic E-state index is 12.2. The molecule has 2 aromatic rings. The molecule has 23 heavy (non-hydrogen) atoms. The van der Waals surface area contributed by atoms with Crippen molar-refractivity contribution >= 4 is 34.5 Å². The number of carbonyl (C=O) groups excluding carboxylic acids is 1. The Balaban J connectivity index is 1.85. The third kappa shape index (κ3) is 5.30. The molecule has 0 saturated heterocycles. The maximum absolute atomic E-state index is 12.2. The zero-order valence-corrected chi connectivity index (χ0v) is 15.5. The predicted octanol–water partition coefficient (Wildman–Crippen LogP) is 4.18. The van der Waals surface area contributed by atoms with Gasteiger partial charge >= 0.3 is 0 Å². The van der Waals surface area contributed by atoms with E-state index in [1.54, 1.807) is 11.3 Å². The first kappa shape index (κ1) is 17.9. The third-order valence-electron chi connectivity index (χ3n) is 3.49. The van der Waals surface area contributed by atoms with E-state index in [-0.39, 0.29) is 5.91 Å². The molecule has 1 aromatic carbocycles. The highest BCUT2D eigenvalue weighted by Crippen LogP contribution is 2.27. The molecule has 1 heterocycles. The van der Waals surface area contributed by atoms with Gasteiger partial charge in [0, 0.05) is 24.0 Å². The highest BCUT2D eigenvalue weighted by atomic mass is 35.5. The SMILES string of the molecule is Cc1cc(C)c(NC(=O)CCN(C)Cc2nc(C)cs2)c(Cl)c1. The molecule has 4 nitrogen and oxygen atoms in total. The van der Waals surface area contributed by atoms with Crippen molar-refractivity contribution in [3.05, 3.63) is 44.4 Å². The predicted molar refractivity (Wildman–Crippen MR) is 97.4 cm³/mol. The van der Waals surface area contributed by atoms with Crippen molar-refractivity contribution in [2.24, 2.45) is 0 Å². The first-order valence-corrected chi connectivity index (χ1v) is 8.77. The number of anilines is 1. The number of amides is 1. The summed E-state index contributed by atoms with van der Waals surface area (Å²) in [5, 5.41) is 6.62. The van der Waals surface area contributed by atoms with E-state index in [9.17, 15) is 4.79 Å². The number of thiazole rings is 1. The zero-order valence-electron chi connectivity index (χ0n) is 13.9. The topological polar surface area (TPSA) is 45.2 Å². The standard InChI is InChI=1S/C17H22ClN3OS/c1-11-7-12(2)17(14(18)8-11)20-15(22)5-6-21(4)9-16-19-13(3)10-23-16/h7-8,10H,5-6,9H2,1-4H3,(H,20,22). The van der Waals surface area contributed by atoms with Crippen LogP contribution in [0.5, 0.6) is 0 Å². The van der Waals surface area contributed by atoms with Crippen LogP contribution in [0.15, 0.2) is 17.5 Å². The number of carbonyl (C=O) groups is 1. The van der Waals surface area contributed by atoms with Crippen molar-refractivity contribution in [3.63, 3.8) is 0 Å². The largest absolute Gasteiger partial charge is 0.325 e. The van der Waals surface area contributed by atoms with Gasteiger partial charge in [-0.1, -0.05) is 17.7 Å². The van der Waals surface area contributed by atoms with Crippen LogP contribution in [-0.2, 0) is 11.3 Å². The highest BCUT2D eigenvalue weighted by Gasteiger charge is 2.11. The fourth-order valence-electron chi connectivity index (χ4n) is 2.35. The minimum absolute atomic E-state index is 0.0268. The van der Waals surface area contributed by atoms with Crippen molar-refractivity contribution in [2.45, 2.75) is 33.7 Å². The molecule has 1 aromatic heterocycles. The molecule has 0 fully saturated rings. The lowest BCUT2D eigenvalue weighted by atomic mass is 10.1. The molecule has 2 rings (SSSR count). The van der Waals surface area contributed by atoms with E-state index in [4.69, 9.17) is 11.6 Å². The average Bonchev–Trinajstić information content (AvgIpc) is 2.85. The van der Waals surface area contributed by atoms with Crippen LogP contribution in [0, 0.1) is 20.8 Å². The van der Waals surface area contributed by atoms with Crippen LogP contribution >= 0.6 is 22.9 Å². The molecule has 6 heteroatoms. The van der Waals surface area contributed by atoms with Crippen LogP contribution in [0.25, 0.3) is 0 Å². The number of hydrogen-bond donors (Lipinski definition) is 1. The van der Waals surface area contributed by atoms with E-state index >= 15 is 0 Å². The molecular weight excluding hydrogens is 330 g/mol. The molecule has 0 aliphatic heterocycles. The second-order valence-electron chi connectivity index (χ2n) is 5.86. The van der Waals surface area contributed by atoms with E-state index in [2.05, 4.69) is 15.2 Å². The lowest BCUT2D eigenvalue weighted by Gasteiger charge is -2.16. The van der Waals surface area contributed by atoms with Gasteiger partial charge in [-0.05, 0) is 45.0 Å². The van der Waals surface area contributed by atoms with Crippen molar-refractivity contribution in [1.29, 1.82) is 0 Å². The van der Waals surface area contributed by atoms with Crippen LogP contribution in [-0.4, -0.2) is 29.4 Å². The van der Waals surface area contributed by atoms with Gasteiger partial charge < -0.3 is 5.32 Å². The van der Waals surface area contributed by atoms with Crippen LogP contribution in [0.1, 0.15) is 28.2 Å². The van der Waals surface area contributed by atoms with Gasteiger partial charge in [0.15, 0.2) is 0 Å². The minimum atomic E-state index is -0.0268. The van der Waals surface area contributed by atoms with Crippen LogP contribution < -0.4 is 5.32 Å². The first-order chi connectivity index (χ1) is 10.8. The smallest absolute Gasteiger partial charge is 0.225 e. The van der Waals surface area contributed by atoms with Crippen molar-refractivity contribution in [2.75, 3.05) is 18.9 Å². The van der Waals surface area contributed by atoms with Crippen molar-refractivity contribution in [3.8, 4) is 0 Å². The summed E-state index contributed by atoms with van der Waals surface area (Å²) >= 11 is 7.87. The fourth-order valence-corrected chi connectivity index (χ4v) is 3.57. The van der Waals surface area contributed by atoms with Gasteiger partial charge in [0.05, 0.1) is 17.3 Å². The Bertz CT molecular complexity index is 676. The second-order valence-corrected chi connectivity index (χ2v) is 7.21. The number of rotatable bonds is 6. The molecule has 0 unspecified atom stereocenters. The van der Waals surface area contributed by atoms with Gasteiger partial charge in [-0.15, -0.1) is 11.3 Å². The third-order valence-corrected chi connectivity index (χ3v) is 4.74. The van der Waals surface area contributed by atoms with E-state index in [0.717, 1.165) is 28.4 Å². The molecular formula is C17H22ClN3OS. The van der Waals surface area contributed by atoms with Crippen molar-refractivity contribution in [1.82, 2.24) is 9.88 Å². The van der Waals surface area contributed by atoms with Crippen LogP contribution in [0.4, 0.5) is 5.69 Å². The summed E-state index contributed by atoms with van der Waals surface area (Å²) in [6.45, 7) is 7.36. The lowest BCUT2D eigenvalue weighted by molar-refractivity contribution is -0.116. The summed E-state index contributed by atoms with van der Waals surface area (Å²) in [5.74, 6) is -0.0268. The Morgan fingerprint density at radius 3 is 2.70 bits per heavy atom. The summed E-state index contributed by atoms with van der Waals surface area (Å²) in [5.41, 5.74) is 3.82. The Kier molecular flexibility index (Phi) is 6.16. The second kappa shape index (κ2) is 7.90. The average molecular weight is 352 g/mol. The van der Waals surface area contributed by atoms with Gasteiger partial charge in [0.25, 0.3) is 0 Å². The lowest BCUT2D eigenvalue weighted by Crippen LogP contribution is -2.24. The molecule has 0 spiro atoms. The number of aryl methyl sites for hydroxylation is 3. The quantitative estimate of drug-likeness (QED) is 0.849. The number of benzene rings is 1. The number of hydrogen-bond acceptors (Lipinski definition) is 4. The van der Waals surface area contributed by atoms with Gasteiger partial charge in [0.2, 0.25) is 5.91 Å². The normalized spacial score (nSPS) is 11.0. The monoisotopic (exact) mass is 351 g/mol. The van der Waals surface area contributed by atoms with Gasteiger partial charge in [0.1, 0.15) is 5.01 Å². The molecule has 124 valence electrons. The van der Waals surface area contributed by atoms with Gasteiger partial charge in [-0.3, -0.25) is 9.69 Å². The number of aromatic nitrogens is 1. The fraction of sp³-hybridized carbons (Fsp3) is 0.412. The molecule has 0 aliphatic carbocycles. The van der Waals surface area contributed by atoms with E-state index in [1.165, 1.54) is 0 Å². The number of halogens is 1. The summed E-state index contributed by atoms with van der Waals surface area (Å²) in [6, 6.07) is 3.87. The molecule has 0 atom stereocenters. The first-order valence-electron chi connectivity index (χ1n) is 7.51. The van der Waals surface area contributed by atoms with Crippen molar-refractivity contribution < 1.29 is 4.79 Å². The van der Waals surface area contributed by atoms with Gasteiger partial charge in [-0.2, -0.15) is 0 Å². The maximum Gasteiger partial charge on any atom is 0.225 e. The number of nitrogens with zero attached hydrogens (tertiary/aromatic N) is 2. The molecule has 1 amide bonds. The van der Waals surface area contributed by atoms with E-state index in [0.29, 0.717) is 23.7 Å². The zero-order chi connectivity index (χ0) is 17.0. The Hall–Kier alpha value is -1.43.